The molecule has 0 unspecified atom stereocenters. The standard InChI is InChI=1S/C19H24N2O2/c1-14-6-7-19(23-14)18-5-3-4-16(10-18)12-21-9-8-17(13-21)11-20-15(2)22/h3-7,10,17H,8-9,11-13H2,1-2H3,(H,20,22)/t17-/m1/s1. The average Bonchev–Trinajstić information content (AvgIpc) is 3.14. The molecule has 2 heterocycles. The van der Waals surface area contributed by atoms with Crippen LogP contribution in [0.15, 0.2) is 40.8 Å². The van der Waals surface area contributed by atoms with Crippen LogP contribution in [-0.4, -0.2) is 30.4 Å². The molecule has 1 atom stereocenters. The molecule has 1 amide bonds. The topological polar surface area (TPSA) is 45.5 Å². The first kappa shape index (κ1) is 15.8. The van der Waals surface area contributed by atoms with Crippen molar-refractivity contribution in [2.75, 3.05) is 19.6 Å². The Balaban J connectivity index is 1.59. The maximum absolute atomic E-state index is 11.0. The molecule has 1 fully saturated rings. The number of likely N-dealkylation sites (tertiary alicyclic amines) is 1. The molecular formula is C19H24N2O2. The third-order valence-electron chi connectivity index (χ3n) is 4.37. The lowest BCUT2D eigenvalue weighted by Gasteiger charge is -2.16. The molecule has 0 saturated carbocycles. The Bertz CT molecular complexity index is 678. The van der Waals surface area contributed by atoms with Crippen LogP contribution >= 0.6 is 0 Å². The van der Waals surface area contributed by atoms with Gasteiger partial charge in [0.15, 0.2) is 0 Å². The number of amides is 1. The number of nitrogens with one attached hydrogen (secondary N) is 1. The Hall–Kier alpha value is -2.07. The van der Waals surface area contributed by atoms with Gasteiger partial charge in [0.05, 0.1) is 0 Å². The zero-order valence-corrected chi connectivity index (χ0v) is 13.8. The van der Waals surface area contributed by atoms with Crippen molar-refractivity contribution in [3.63, 3.8) is 0 Å². The summed E-state index contributed by atoms with van der Waals surface area (Å²) in [5.74, 6) is 2.49. The Kier molecular flexibility index (Phi) is 4.82. The highest BCUT2D eigenvalue weighted by molar-refractivity contribution is 5.72. The molecule has 4 heteroatoms. The van der Waals surface area contributed by atoms with E-state index >= 15 is 0 Å². The Morgan fingerprint density at radius 3 is 2.96 bits per heavy atom. The molecule has 1 N–H and O–H groups in total. The van der Waals surface area contributed by atoms with Crippen LogP contribution in [0.5, 0.6) is 0 Å². The highest BCUT2D eigenvalue weighted by Crippen LogP contribution is 2.24. The predicted octanol–water partition coefficient (Wildman–Crippen LogP) is 3.21. The minimum atomic E-state index is 0.0601. The summed E-state index contributed by atoms with van der Waals surface area (Å²) in [7, 11) is 0. The number of nitrogens with zero attached hydrogens (tertiary/aromatic N) is 1. The van der Waals surface area contributed by atoms with Gasteiger partial charge in [-0.15, -0.1) is 0 Å². The van der Waals surface area contributed by atoms with Gasteiger partial charge in [0.2, 0.25) is 5.91 Å². The van der Waals surface area contributed by atoms with Crippen LogP contribution < -0.4 is 5.32 Å². The number of carbonyl (C=O) groups excluding carboxylic acids is 1. The lowest BCUT2D eigenvalue weighted by Crippen LogP contribution is -2.29. The molecule has 1 saturated heterocycles. The van der Waals surface area contributed by atoms with Gasteiger partial charge in [-0.1, -0.05) is 18.2 Å². The summed E-state index contributed by atoms with van der Waals surface area (Å²) in [4.78, 5) is 13.5. The van der Waals surface area contributed by atoms with Gasteiger partial charge in [0.1, 0.15) is 11.5 Å². The molecule has 4 nitrogen and oxygen atoms in total. The summed E-state index contributed by atoms with van der Waals surface area (Å²) >= 11 is 0. The van der Waals surface area contributed by atoms with Crippen LogP contribution in [0.3, 0.4) is 0 Å². The first-order chi connectivity index (χ1) is 11.1. The Morgan fingerprint density at radius 2 is 2.22 bits per heavy atom. The largest absolute Gasteiger partial charge is 0.461 e. The fourth-order valence-corrected chi connectivity index (χ4v) is 3.18. The Morgan fingerprint density at radius 1 is 1.35 bits per heavy atom. The van der Waals surface area contributed by atoms with Crippen LogP contribution in [-0.2, 0) is 11.3 Å². The summed E-state index contributed by atoms with van der Waals surface area (Å²) in [5.41, 5.74) is 2.43. The second kappa shape index (κ2) is 7.01. The van der Waals surface area contributed by atoms with E-state index in [9.17, 15) is 4.79 Å². The van der Waals surface area contributed by atoms with Crippen molar-refractivity contribution in [1.82, 2.24) is 10.2 Å². The number of hydrogen-bond donors (Lipinski definition) is 1. The number of hydrogen-bond acceptors (Lipinski definition) is 3. The third-order valence-corrected chi connectivity index (χ3v) is 4.37. The van der Waals surface area contributed by atoms with Crippen LogP contribution in [0.4, 0.5) is 0 Å². The van der Waals surface area contributed by atoms with E-state index in [1.54, 1.807) is 6.92 Å². The fourth-order valence-electron chi connectivity index (χ4n) is 3.18. The number of furan rings is 1. The highest BCUT2D eigenvalue weighted by Gasteiger charge is 2.22. The van der Waals surface area contributed by atoms with Gasteiger partial charge in [0.25, 0.3) is 0 Å². The van der Waals surface area contributed by atoms with Gasteiger partial charge in [-0.05, 0) is 49.6 Å². The van der Waals surface area contributed by atoms with Crippen LogP contribution in [0, 0.1) is 12.8 Å². The molecule has 2 aromatic rings. The summed E-state index contributed by atoms with van der Waals surface area (Å²) in [6.45, 7) is 7.42. The third kappa shape index (κ3) is 4.23. The monoisotopic (exact) mass is 312 g/mol. The summed E-state index contributed by atoms with van der Waals surface area (Å²) in [6.07, 6.45) is 1.15. The van der Waals surface area contributed by atoms with Gasteiger partial charge < -0.3 is 9.73 Å². The molecular weight excluding hydrogens is 288 g/mol. The summed E-state index contributed by atoms with van der Waals surface area (Å²) in [6, 6.07) is 12.6. The lowest BCUT2D eigenvalue weighted by molar-refractivity contribution is -0.119. The van der Waals surface area contributed by atoms with Crippen molar-refractivity contribution < 1.29 is 9.21 Å². The SMILES string of the molecule is CC(=O)NC[C@H]1CCN(Cc2cccc(-c3ccc(C)o3)c2)C1. The van der Waals surface area contributed by atoms with Gasteiger partial charge in [-0.25, -0.2) is 0 Å². The number of carbonyl (C=O) groups is 1. The highest BCUT2D eigenvalue weighted by atomic mass is 16.3. The normalized spacial score (nSPS) is 18.3. The molecule has 3 rings (SSSR count). The van der Waals surface area contributed by atoms with Crippen molar-refractivity contribution in [2.45, 2.75) is 26.8 Å². The molecule has 122 valence electrons. The first-order valence-electron chi connectivity index (χ1n) is 8.22. The first-order valence-corrected chi connectivity index (χ1v) is 8.22. The van der Waals surface area contributed by atoms with Crippen molar-refractivity contribution in [3.05, 3.63) is 47.7 Å². The lowest BCUT2D eigenvalue weighted by atomic mass is 10.1. The van der Waals surface area contributed by atoms with E-state index in [2.05, 4.69) is 34.5 Å². The van der Waals surface area contributed by atoms with E-state index in [0.29, 0.717) is 5.92 Å². The van der Waals surface area contributed by atoms with Gasteiger partial charge in [-0.2, -0.15) is 0 Å². The molecule has 0 bridgehead atoms. The maximum Gasteiger partial charge on any atom is 0.216 e. The number of aryl methyl sites for hydroxylation is 1. The molecule has 0 spiro atoms. The maximum atomic E-state index is 11.0. The summed E-state index contributed by atoms with van der Waals surface area (Å²) < 4.78 is 5.71. The van der Waals surface area contributed by atoms with Crippen LogP contribution in [0.25, 0.3) is 11.3 Å². The average molecular weight is 312 g/mol. The number of benzene rings is 1. The predicted molar refractivity (Wildman–Crippen MR) is 90.9 cm³/mol. The van der Waals surface area contributed by atoms with E-state index < -0.39 is 0 Å². The fraction of sp³-hybridized carbons (Fsp3) is 0.421. The number of rotatable bonds is 5. The van der Waals surface area contributed by atoms with Gasteiger partial charge in [0, 0.05) is 32.1 Å². The Labute approximate surface area is 137 Å². The van der Waals surface area contributed by atoms with Crippen LogP contribution in [0.2, 0.25) is 0 Å². The zero-order valence-electron chi connectivity index (χ0n) is 13.8. The minimum absolute atomic E-state index is 0.0601. The van der Waals surface area contributed by atoms with Crippen molar-refractivity contribution in [3.8, 4) is 11.3 Å². The molecule has 0 radical (unpaired) electrons. The van der Waals surface area contributed by atoms with E-state index in [1.807, 2.05) is 19.1 Å². The zero-order chi connectivity index (χ0) is 16.2. The smallest absolute Gasteiger partial charge is 0.216 e. The molecule has 1 aromatic heterocycles. The van der Waals surface area contributed by atoms with E-state index in [4.69, 9.17) is 4.42 Å². The van der Waals surface area contributed by atoms with Gasteiger partial charge in [-0.3, -0.25) is 9.69 Å². The van der Waals surface area contributed by atoms with Crippen molar-refractivity contribution >= 4 is 5.91 Å². The molecule has 23 heavy (non-hydrogen) atoms. The molecule has 1 aromatic carbocycles. The molecule has 1 aliphatic heterocycles. The second-order valence-electron chi connectivity index (χ2n) is 6.44. The van der Waals surface area contributed by atoms with E-state index in [0.717, 1.165) is 49.7 Å². The second-order valence-corrected chi connectivity index (χ2v) is 6.44. The van der Waals surface area contributed by atoms with Crippen molar-refractivity contribution in [2.24, 2.45) is 5.92 Å². The van der Waals surface area contributed by atoms with Crippen LogP contribution in [0.1, 0.15) is 24.7 Å². The van der Waals surface area contributed by atoms with Crippen molar-refractivity contribution in [1.29, 1.82) is 0 Å². The van der Waals surface area contributed by atoms with E-state index in [-0.39, 0.29) is 5.91 Å². The molecule has 0 aliphatic carbocycles. The summed E-state index contributed by atoms with van der Waals surface area (Å²) in [5, 5.41) is 2.93. The molecule has 1 aliphatic rings. The van der Waals surface area contributed by atoms with E-state index in [1.165, 1.54) is 5.56 Å². The minimum Gasteiger partial charge on any atom is -0.461 e. The quantitative estimate of drug-likeness (QED) is 0.922. The van der Waals surface area contributed by atoms with Gasteiger partial charge >= 0.3 is 0 Å².